The molecular formula is C14H26N2O. The molecule has 3 nitrogen and oxygen atoms in total. The van der Waals surface area contributed by atoms with Crippen molar-refractivity contribution >= 4 is 0 Å². The summed E-state index contributed by atoms with van der Waals surface area (Å²) in [5, 5.41) is 3.55. The van der Waals surface area contributed by atoms with Crippen molar-refractivity contribution in [3.8, 4) is 0 Å². The fraction of sp³-hybridized carbons (Fsp3) is 0.714. The molecule has 1 N–H and O–H groups in total. The molecule has 0 spiro atoms. The van der Waals surface area contributed by atoms with Gasteiger partial charge in [0.2, 0.25) is 0 Å². The average Bonchev–Trinajstić information content (AvgIpc) is 2.75. The number of aryl methyl sites for hydroxylation is 1. The van der Waals surface area contributed by atoms with Crippen LogP contribution in [0, 0.1) is 0 Å². The van der Waals surface area contributed by atoms with Gasteiger partial charge in [-0.1, -0.05) is 20.3 Å². The maximum Gasteiger partial charge on any atom is 0.0615 e. The van der Waals surface area contributed by atoms with Crippen LogP contribution in [0.1, 0.15) is 38.7 Å². The zero-order valence-corrected chi connectivity index (χ0v) is 11.4. The Morgan fingerprint density at radius 3 is 2.82 bits per heavy atom. The molecule has 98 valence electrons. The van der Waals surface area contributed by atoms with Gasteiger partial charge in [0.05, 0.1) is 6.61 Å². The van der Waals surface area contributed by atoms with Crippen LogP contribution in [0.3, 0.4) is 0 Å². The lowest BCUT2D eigenvalue weighted by Crippen LogP contribution is -2.32. The number of methoxy groups -OCH3 is 1. The van der Waals surface area contributed by atoms with Crippen molar-refractivity contribution in [3.05, 3.63) is 24.0 Å². The lowest BCUT2D eigenvalue weighted by molar-refractivity contribution is 0.161. The van der Waals surface area contributed by atoms with Crippen molar-refractivity contribution in [2.75, 3.05) is 13.7 Å². The second kappa shape index (κ2) is 8.31. The van der Waals surface area contributed by atoms with Crippen LogP contribution >= 0.6 is 0 Å². The highest BCUT2D eigenvalue weighted by Gasteiger charge is 2.06. The molecule has 0 fully saturated rings. The standard InChI is InChI=1S/C14H26N2O/c1-4-6-14(12-17-3)15-10-13-7-9-16(11-13)8-5-2/h7,9,11,14-15H,4-6,8,10,12H2,1-3H3. The van der Waals surface area contributed by atoms with Gasteiger partial charge >= 0.3 is 0 Å². The summed E-state index contributed by atoms with van der Waals surface area (Å²) in [6, 6.07) is 2.66. The second-order valence-electron chi connectivity index (χ2n) is 4.58. The number of rotatable bonds is 9. The molecule has 0 radical (unpaired) electrons. The van der Waals surface area contributed by atoms with Crippen molar-refractivity contribution in [1.29, 1.82) is 0 Å². The van der Waals surface area contributed by atoms with E-state index in [0.29, 0.717) is 6.04 Å². The van der Waals surface area contributed by atoms with Crippen LogP contribution in [-0.4, -0.2) is 24.3 Å². The monoisotopic (exact) mass is 238 g/mol. The van der Waals surface area contributed by atoms with Gasteiger partial charge in [-0.15, -0.1) is 0 Å². The Labute approximate surface area is 105 Å². The summed E-state index contributed by atoms with van der Waals surface area (Å²) in [4.78, 5) is 0. The van der Waals surface area contributed by atoms with E-state index in [-0.39, 0.29) is 0 Å². The number of hydrogen-bond donors (Lipinski definition) is 1. The first kappa shape index (κ1) is 14.3. The third kappa shape index (κ3) is 5.37. The molecule has 1 aromatic heterocycles. The van der Waals surface area contributed by atoms with Crippen LogP contribution < -0.4 is 5.32 Å². The van der Waals surface area contributed by atoms with E-state index in [4.69, 9.17) is 4.74 Å². The molecule has 0 saturated carbocycles. The first-order valence-electron chi connectivity index (χ1n) is 6.67. The second-order valence-corrected chi connectivity index (χ2v) is 4.58. The van der Waals surface area contributed by atoms with Gasteiger partial charge < -0.3 is 14.6 Å². The summed E-state index contributed by atoms with van der Waals surface area (Å²) < 4.78 is 7.47. The maximum absolute atomic E-state index is 5.22. The van der Waals surface area contributed by atoms with Crippen LogP contribution in [0.15, 0.2) is 18.5 Å². The van der Waals surface area contributed by atoms with Gasteiger partial charge in [0, 0.05) is 38.6 Å². The molecule has 1 atom stereocenters. The minimum absolute atomic E-state index is 0.472. The summed E-state index contributed by atoms with van der Waals surface area (Å²) in [5.41, 5.74) is 1.36. The summed E-state index contributed by atoms with van der Waals surface area (Å²) in [6.07, 6.45) is 7.93. The first-order chi connectivity index (χ1) is 8.30. The topological polar surface area (TPSA) is 26.2 Å². The Bertz CT molecular complexity index is 290. The molecule has 1 unspecified atom stereocenters. The van der Waals surface area contributed by atoms with Crippen molar-refractivity contribution in [2.24, 2.45) is 0 Å². The number of nitrogens with zero attached hydrogens (tertiary/aromatic N) is 1. The zero-order chi connectivity index (χ0) is 12.5. The summed E-state index contributed by atoms with van der Waals surface area (Å²) in [5.74, 6) is 0. The van der Waals surface area contributed by atoms with E-state index >= 15 is 0 Å². The third-order valence-electron chi connectivity index (χ3n) is 2.89. The van der Waals surface area contributed by atoms with E-state index in [2.05, 4.69) is 42.2 Å². The smallest absolute Gasteiger partial charge is 0.0615 e. The van der Waals surface area contributed by atoms with E-state index in [1.54, 1.807) is 7.11 Å². The first-order valence-corrected chi connectivity index (χ1v) is 6.67. The van der Waals surface area contributed by atoms with Gasteiger partial charge in [-0.05, 0) is 24.5 Å². The lowest BCUT2D eigenvalue weighted by Gasteiger charge is -2.16. The van der Waals surface area contributed by atoms with E-state index in [1.807, 2.05) is 0 Å². The van der Waals surface area contributed by atoms with Crippen molar-refractivity contribution in [1.82, 2.24) is 9.88 Å². The molecule has 1 rings (SSSR count). The summed E-state index contributed by atoms with van der Waals surface area (Å²) >= 11 is 0. The number of ether oxygens (including phenoxy) is 1. The highest BCUT2D eigenvalue weighted by atomic mass is 16.5. The minimum atomic E-state index is 0.472. The average molecular weight is 238 g/mol. The Hall–Kier alpha value is -0.800. The molecule has 0 aromatic carbocycles. The summed E-state index contributed by atoms with van der Waals surface area (Å²) in [6.45, 7) is 7.25. The molecule has 0 amide bonds. The highest BCUT2D eigenvalue weighted by molar-refractivity contribution is 5.10. The predicted octanol–water partition coefficient (Wildman–Crippen LogP) is 2.80. The van der Waals surface area contributed by atoms with Gasteiger partial charge in [0.25, 0.3) is 0 Å². The Kier molecular flexibility index (Phi) is 6.97. The zero-order valence-electron chi connectivity index (χ0n) is 11.4. The highest BCUT2D eigenvalue weighted by Crippen LogP contribution is 2.04. The van der Waals surface area contributed by atoms with Crippen molar-refractivity contribution < 1.29 is 4.74 Å². The van der Waals surface area contributed by atoms with Crippen LogP contribution in [0.4, 0.5) is 0 Å². The van der Waals surface area contributed by atoms with Gasteiger partial charge in [0.1, 0.15) is 0 Å². The van der Waals surface area contributed by atoms with Crippen LogP contribution in [0.25, 0.3) is 0 Å². The van der Waals surface area contributed by atoms with Crippen molar-refractivity contribution in [3.63, 3.8) is 0 Å². The molecule has 0 aliphatic rings. The van der Waals surface area contributed by atoms with E-state index in [0.717, 1.165) is 19.7 Å². The van der Waals surface area contributed by atoms with Gasteiger partial charge in [-0.25, -0.2) is 0 Å². The SMILES string of the molecule is CCCC(COC)NCc1ccn(CCC)c1. The third-order valence-corrected chi connectivity index (χ3v) is 2.89. The summed E-state index contributed by atoms with van der Waals surface area (Å²) in [7, 11) is 1.77. The molecule has 0 bridgehead atoms. The van der Waals surface area contributed by atoms with Crippen LogP contribution in [-0.2, 0) is 17.8 Å². The molecule has 1 aromatic rings. The van der Waals surface area contributed by atoms with Gasteiger partial charge in [0.15, 0.2) is 0 Å². The molecule has 3 heteroatoms. The molecule has 0 aliphatic heterocycles. The molecule has 17 heavy (non-hydrogen) atoms. The number of aromatic nitrogens is 1. The lowest BCUT2D eigenvalue weighted by atomic mass is 10.1. The van der Waals surface area contributed by atoms with Gasteiger partial charge in [-0.2, -0.15) is 0 Å². The maximum atomic E-state index is 5.22. The van der Waals surface area contributed by atoms with Crippen LogP contribution in [0.2, 0.25) is 0 Å². The fourth-order valence-electron chi connectivity index (χ4n) is 2.05. The van der Waals surface area contributed by atoms with E-state index in [9.17, 15) is 0 Å². The van der Waals surface area contributed by atoms with Crippen molar-refractivity contribution in [2.45, 2.75) is 52.2 Å². The largest absolute Gasteiger partial charge is 0.383 e. The predicted molar refractivity (Wildman–Crippen MR) is 72.1 cm³/mol. The molecule has 1 heterocycles. The quantitative estimate of drug-likeness (QED) is 0.716. The fourth-order valence-corrected chi connectivity index (χ4v) is 2.05. The molecular weight excluding hydrogens is 212 g/mol. The normalized spacial score (nSPS) is 12.9. The van der Waals surface area contributed by atoms with Gasteiger partial charge in [-0.3, -0.25) is 0 Å². The van der Waals surface area contributed by atoms with E-state index in [1.165, 1.54) is 24.8 Å². The number of hydrogen-bond acceptors (Lipinski definition) is 2. The Morgan fingerprint density at radius 1 is 1.35 bits per heavy atom. The molecule has 0 saturated heterocycles. The van der Waals surface area contributed by atoms with E-state index < -0.39 is 0 Å². The van der Waals surface area contributed by atoms with Crippen LogP contribution in [0.5, 0.6) is 0 Å². The minimum Gasteiger partial charge on any atom is -0.383 e. The molecule has 0 aliphatic carbocycles. The Morgan fingerprint density at radius 2 is 2.18 bits per heavy atom. The number of nitrogens with one attached hydrogen (secondary N) is 1. The Balaban J connectivity index is 2.35.